The van der Waals surface area contributed by atoms with Gasteiger partial charge in [0.1, 0.15) is 5.82 Å². The van der Waals surface area contributed by atoms with Crippen molar-refractivity contribution in [3.8, 4) is 0 Å². The smallest absolute Gasteiger partial charge is 0.311 e. The lowest BCUT2D eigenvalue weighted by Crippen LogP contribution is -2.18. The Labute approximate surface area is 112 Å². The maximum Gasteiger partial charge on any atom is 0.311 e. The standard InChI is InChI=1S/C12H20N4O3/c1-3-13-11-7-6-10(16(18)19)12(15-11)14-9(2)5-4-8-17/h6-7,9,17H,3-5,8H2,1-2H3,(H2,13,14,15). The SMILES string of the molecule is CCNc1ccc([N+](=O)[O-])c(NC(C)CCCO)n1. The van der Waals surface area contributed by atoms with Crippen molar-refractivity contribution in [3.63, 3.8) is 0 Å². The van der Waals surface area contributed by atoms with Crippen LogP contribution in [0.15, 0.2) is 12.1 Å². The minimum Gasteiger partial charge on any atom is -0.396 e. The van der Waals surface area contributed by atoms with Gasteiger partial charge in [-0.1, -0.05) is 0 Å². The first-order valence-electron chi connectivity index (χ1n) is 6.35. The number of rotatable bonds is 8. The van der Waals surface area contributed by atoms with Crippen LogP contribution in [0.25, 0.3) is 0 Å². The molecule has 1 heterocycles. The molecule has 1 rings (SSSR count). The highest BCUT2D eigenvalue weighted by molar-refractivity contribution is 5.60. The Morgan fingerprint density at radius 3 is 2.84 bits per heavy atom. The normalized spacial score (nSPS) is 11.9. The minimum absolute atomic E-state index is 0.00947. The highest BCUT2D eigenvalue weighted by Crippen LogP contribution is 2.25. The fourth-order valence-corrected chi connectivity index (χ4v) is 1.69. The zero-order valence-corrected chi connectivity index (χ0v) is 11.2. The van der Waals surface area contributed by atoms with Crippen LogP contribution in [0.5, 0.6) is 0 Å². The molecule has 3 N–H and O–H groups in total. The highest BCUT2D eigenvalue weighted by Gasteiger charge is 2.17. The predicted molar refractivity (Wildman–Crippen MR) is 74.5 cm³/mol. The second-order valence-electron chi connectivity index (χ2n) is 4.26. The van der Waals surface area contributed by atoms with Crippen molar-refractivity contribution in [2.75, 3.05) is 23.8 Å². The van der Waals surface area contributed by atoms with Gasteiger partial charge in [0.2, 0.25) is 5.82 Å². The van der Waals surface area contributed by atoms with Gasteiger partial charge in [-0.25, -0.2) is 4.98 Å². The van der Waals surface area contributed by atoms with Crippen LogP contribution in [0.4, 0.5) is 17.3 Å². The van der Waals surface area contributed by atoms with Gasteiger partial charge in [-0.2, -0.15) is 0 Å². The molecule has 0 fully saturated rings. The molecule has 0 saturated heterocycles. The molecule has 1 aromatic heterocycles. The average molecular weight is 268 g/mol. The van der Waals surface area contributed by atoms with Crippen LogP contribution >= 0.6 is 0 Å². The number of anilines is 2. The summed E-state index contributed by atoms with van der Waals surface area (Å²) < 4.78 is 0. The summed E-state index contributed by atoms with van der Waals surface area (Å²) in [5, 5.41) is 25.8. The molecule has 19 heavy (non-hydrogen) atoms. The highest BCUT2D eigenvalue weighted by atomic mass is 16.6. The predicted octanol–water partition coefficient (Wildman–Crippen LogP) is 1.99. The first kappa shape index (κ1) is 15.2. The molecule has 0 aliphatic rings. The molecule has 7 nitrogen and oxygen atoms in total. The summed E-state index contributed by atoms with van der Waals surface area (Å²) in [6, 6.07) is 3.03. The van der Waals surface area contributed by atoms with Crippen LogP contribution in [0.2, 0.25) is 0 Å². The van der Waals surface area contributed by atoms with E-state index in [4.69, 9.17) is 5.11 Å². The number of nitrogens with zero attached hydrogens (tertiary/aromatic N) is 2. The summed E-state index contributed by atoms with van der Waals surface area (Å²) in [6.45, 7) is 4.64. The first-order chi connectivity index (χ1) is 9.08. The van der Waals surface area contributed by atoms with Gasteiger partial charge in [0.05, 0.1) is 4.92 Å². The summed E-state index contributed by atoms with van der Waals surface area (Å²) >= 11 is 0. The third-order valence-electron chi connectivity index (χ3n) is 2.61. The lowest BCUT2D eigenvalue weighted by Gasteiger charge is -2.14. The molecule has 0 bridgehead atoms. The van der Waals surface area contributed by atoms with Crippen molar-refractivity contribution in [1.29, 1.82) is 0 Å². The maximum absolute atomic E-state index is 11.0. The quantitative estimate of drug-likeness (QED) is 0.492. The first-order valence-corrected chi connectivity index (χ1v) is 6.35. The topological polar surface area (TPSA) is 100 Å². The van der Waals surface area contributed by atoms with Crippen molar-refractivity contribution in [2.24, 2.45) is 0 Å². The molecule has 1 unspecified atom stereocenters. The molecule has 106 valence electrons. The number of hydrogen-bond acceptors (Lipinski definition) is 6. The average Bonchev–Trinajstić information content (AvgIpc) is 2.36. The number of pyridine rings is 1. The third kappa shape index (κ3) is 4.70. The second-order valence-corrected chi connectivity index (χ2v) is 4.26. The summed E-state index contributed by atoms with van der Waals surface area (Å²) in [5.74, 6) is 0.860. The van der Waals surface area contributed by atoms with Gasteiger partial charge in [0.15, 0.2) is 0 Å². The maximum atomic E-state index is 11.0. The van der Waals surface area contributed by atoms with Crippen molar-refractivity contribution >= 4 is 17.3 Å². The van der Waals surface area contributed by atoms with E-state index in [9.17, 15) is 10.1 Å². The Morgan fingerprint density at radius 2 is 2.26 bits per heavy atom. The van der Waals surface area contributed by atoms with Crippen molar-refractivity contribution in [2.45, 2.75) is 32.7 Å². The van der Waals surface area contributed by atoms with Gasteiger partial charge in [-0.05, 0) is 32.8 Å². The molecule has 1 aromatic rings. The lowest BCUT2D eigenvalue weighted by molar-refractivity contribution is -0.384. The molecule has 0 aromatic carbocycles. The van der Waals surface area contributed by atoms with E-state index in [1.807, 2.05) is 13.8 Å². The van der Waals surface area contributed by atoms with E-state index in [0.29, 0.717) is 18.8 Å². The van der Waals surface area contributed by atoms with E-state index < -0.39 is 4.92 Å². The minimum atomic E-state index is -0.455. The van der Waals surface area contributed by atoms with E-state index in [1.54, 1.807) is 6.07 Å². The molecule has 0 saturated carbocycles. The fraction of sp³-hybridized carbons (Fsp3) is 0.583. The Kier molecular flexibility index (Phi) is 6.01. The van der Waals surface area contributed by atoms with Crippen LogP contribution in [0, 0.1) is 10.1 Å². The number of hydrogen-bond donors (Lipinski definition) is 3. The molecule has 0 aliphatic heterocycles. The molecule has 7 heteroatoms. The largest absolute Gasteiger partial charge is 0.396 e. The Balaban J connectivity index is 2.87. The van der Waals surface area contributed by atoms with Gasteiger partial charge < -0.3 is 15.7 Å². The van der Waals surface area contributed by atoms with Gasteiger partial charge in [0.25, 0.3) is 0 Å². The van der Waals surface area contributed by atoms with E-state index in [-0.39, 0.29) is 24.2 Å². The number of nitrogens with one attached hydrogen (secondary N) is 2. The number of aliphatic hydroxyl groups is 1. The van der Waals surface area contributed by atoms with Gasteiger partial charge in [0, 0.05) is 25.3 Å². The molecule has 1 atom stereocenters. The number of nitro groups is 1. The van der Waals surface area contributed by atoms with Crippen LogP contribution in [0.1, 0.15) is 26.7 Å². The van der Waals surface area contributed by atoms with Crippen LogP contribution < -0.4 is 10.6 Å². The van der Waals surface area contributed by atoms with Crippen LogP contribution in [-0.2, 0) is 0 Å². The fourth-order valence-electron chi connectivity index (χ4n) is 1.69. The van der Waals surface area contributed by atoms with Crippen molar-refractivity contribution in [1.82, 2.24) is 4.98 Å². The Morgan fingerprint density at radius 1 is 1.53 bits per heavy atom. The van der Waals surface area contributed by atoms with Crippen LogP contribution in [-0.4, -0.2) is 34.2 Å². The van der Waals surface area contributed by atoms with E-state index >= 15 is 0 Å². The van der Waals surface area contributed by atoms with Gasteiger partial charge in [-0.3, -0.25) is 10.1 Å². The third-order valence-corrected chi connectivity index (χ3v) is 2.61. The van der Waals surface area contributed by atoms with Crippen LogP contribution in [0.3, 0.4) is 0 Å². The van der Waals surface area contributed by atoms with E-state index in [0.717, 1.165) is 6.42 Å². The lowest BCUT2D eigenvalue weighted by atomic mass is 10.2. The molecular weight excluding hydrogens is 248 g/mol. The molecule has 0 radical (unpaired) electrons. The summed E-state index contributed by atoms with van der Waals surface area (Å²) in [6.07, 6.45) is 1.37. The van der Waals surface area contributed by atoms with Crippen molar-refractivity contribution in [3.05, 3.63) is 22.2 Å². The Hall–Kier alpha value is -1.89. The number of aliphatic hydroxyl groups excluding tert-OH is 1. The molecule has 0 aliphatic carbocycles. The molecule has 0 amide bonds. The number of aromatic nitrogens is 1. The summed E-state index contributed by atoms with van der Waals surface area (Å²) in [5.41, 5.74) is -0.0440. The molecular formula is C12H20N4O3. The zero-order valence-electron chi connectivity index (χ0n) is 11.2. The van der Waals surface area contributed by atoms with Gasteiger partial charge in [-0.15, -0.1) is 0 Å². The second kappa shape index (κ2) is 7.52. The Bertz CT molecular complexity index is 425. The van der Waals surface area contributed by atoms with E-state index in [2.05, 4.69) is 15.6 Å². The van der Waals surface area contributed by atoms with Crippen molar-refractivity contribution < 1.29 is 10.0 Å². The van der Waals surface area contributed by atoms with Gasteiger partial charge >= 0.3 is 5.69 Å². The van der Waals surface area contributed by atoms with E-state index in [1.165, 1.54) is 6.07 Å². The summed E-state index contributed by atoms with van der Waals surface area (Å²) in [7, 11) is 0. The summed E-state index contributed by atoms with van der Waals surface area (Å²) in [4.78, 5) is 14.7. The molecule has 0 spiro atoms. The zero-order chi connectivity index (χ0) is 14.3. The monoisotopic (exact) mass is 268 g/mol.